The third-order valence-electron chi connectivity index (χ3n) is 1.21. The van der Waals surface area contributed by atoms with E-state index in [1.165, 1.54) is 6.07 Å². The SMILES string of the molecule is O=[N+]([O-])c1ccc(OBr)c(F)c1. The molecule has 4 nitrogen and oxygen atoms in total. The Bertz CT molecular complexity index is 318. The van der Waals surface area contributed by atoms with Crippen molar-refractivity contribution in [2.24, 2.45) is 0 Å². The molecular formula is C6H3BrFNO3. The highest BCUT2D eigenvalue weighted by atomic mass is 79.9. The minimum atomic E-state index is -0.777. The van der Waals surface area contributed by atoms with Gasteiger partial charge in [-0.2, -0.15) is 0 Å². The highest BCUT2D eigenvalue weighted by Gasteiger charge is 2.10. The Hall–Kier alpha value is -1.17. The summed E-state index contributed by atoms with van der Waals surface area (Å²) < 4.78 is 17.1. The summed E-state index contributed by atoms with van der Waals surface area (Å²) in [6.07, 6.45) is 0. The number of nitro groups is 1. The molecule has 0 heterocycles. The number of hydrogen-bond donors (Lipinski definition) is 0. The lowest BCUT2D eigenvalue weighted by Crippen LogP contribution is -1.89. The van der Waals surface area contributed by atoms with Crippen LogP contribution in [0.15, 0.2) is 18.2 Å². The van der Waals surface area contributed by atoms with Gasteiger partial charge < -0.3 is 3.83 Å². The predicted molar refractivity (Wildman–Crippen MR) is 42.6 cm³/mol. The van der Waals surface area contributed by atoms with Crippen LogP contribution in [0.1, 0.15) is 0 Å². The van der Waals surface area contributed by atoms with E-state index in [9.17, 15) is 14.5 Å². The Labute approximate surface area is 75.6 Å². The van der Waals surface area contributed by atoms with Crippen LogP contribution < -0.4 is 3.83 Å². The molecule has 0 N–H and O–H groups in total. The minimum absolute atomic E-state index is 0.0828. The molecule has 12 heavy (non-hydrogen) atoms. The van der Waals surface area contributed by atoms with Crippen molar-refractivity contribution < 1.29 is 13.1 Å². The molecule has 0 saturated carbocycles. The van der Waals surface area contributed by atoms with Crippen molar-refractivity contribution in [2.75, 3.05) is 0 Å². The zero-order chi connectivity index (χ0) is 9.14. The fourth-order valence-corrected chi connectivity index (χ4v) is 0.928. The van der Waals surface area contributed by atoms with Crippen LogP contribution in [-0.2, 0) is 0 Å². The summed E-state index contributed by atoms with van der Waals surface area (Å²) in [6.45, 7) is 0. The first kappa shape index (κ1) is 8.92. The van der Waals surface area contributed by atoms with Gasteiger partial charge in [0.1, 0.15) is 0 Å². The molecule has 0 spiro atoms. The van der Waals surface area contributed by atoms with Crippen molar-refractivity contribution in [3.63, 3.8) is 0 Å². The zero-order valence-corrected chi connectivity index (χ0v) is 7.25. The first-order chi connectivity index (χ1) is 5.65. The standard InChI is InChI=1S/C6H3BrFNO3/c7-12-6-2-1-4(9(10)11)3-5(6)8/h1-3H. The van der Waals surface area contributed by atoms with Crippen LogP contribution in [0.4, 0.5) is 10.1 Å². The van der Waals surface area contributed by atoms with Gasteiger partial charge in [-0.3, -0.25) is 10.1 Å². The number of non-ortho nitro benzene ring substituents is 1. The fraction of sp³-hybridized carbons (Fsp3) is 0. The van der Waals surface area contributed by atoms with E-state index in [1.807, 2.05) is 0 Å². The number of rotatable bonds is 2. The number of nitro benzene ring substituents is 1. The van der Waals surface area contributed by atoms with E-state index in [0.29, 0.717) is 0 Å². The zero-order valence-electron chi connectivity index (χ0n) is 5.66. The minimum Gasteiger partial charge on any atom is -0.415 e. The van der Waals surface area contributed by atoms with Crippen molar-refractivity contribution in [3.8, 4) is 5.75 Å². The third-order valence-corrected chi connectivity index (χ3v) is 1.56. The molecule has 1 aromatic rings. The second-order valence-electron chi connectivity index (χ2n) is 1.95. The van der Waals surface area contributed by atoms with Gasteiger partial charge in [0.15, 0.2) is 27.8 Å². The largest absolute Gasteiger partial charge is 0.415 e. The van der Waals surface area contributed by atoms with E-state index in [4.69, 9.17) is 0 Å². The van der Waals surface area contributed by atoms with Gasteiger partial charge in [-0.05, 0) is 6.07 Å². The van der Waals surface area contributed by atoms with E-state index in [-0.39, 0.29) is 11.4 Å². The lowest BCUT2D eigenvalue weighted by molar-refractivity contribution is -0.385. The van der Waals surface area contributed by atoms with Crippen LogP contribution in [0.5, 0.6) is 5.75 Å². The molecule has 0 amide bonds. The van der Waals surface area contributed by atoms with Gasteiger partial charge in [0.25, 0.3) is 5.69 Å². The quantitative estimate of drug-likeness (QED) is 0.585. The molecule has 0 fully saturated rings. The lowest BCUT2D eigenvalue weighted by Gasteiger charge is -1.97. The number of benzene rings is 1. The van der Waals surface area contributed by atoms with Crippen molar-refractivity contribution >= 4 is 21.9 Å². The number of halogens is 2. The van der Waals surface area contributed by atoms with Crippen LogP contribution in [0, 0.1) is 15.9 Å². The fourth-order valence-electron chi connectivity index (χ4n) is 0.666. The van der Waals surface area contributed by atoms with Gasteiger partial charge in [0, 0.05) is 6.07 Å². The van der Waals surface area contributed by atoms with Crippen LogP contribution in [0.3, 0.4) is 0 Å². The molecule has 0 radical (unpaired) electrons. The lowest BCUT2D eigenvalue weighted by atomic mass is 10.3. The second-order valence-corrected chi connectivity index (χ2v) is 2.27. The Morgan fingerprint density at radius 1 is 1.58 bits per heavy atom. The van der Waals surface area contributed by atoms with E-state index >= 15 is 0 Å². The van der Waals surface area contributed by atoms with E-state index < -0.39 is 10.7 Å². The summed E-state index contributed by atoms with van der Waals surface area (Å²) in [5.74, 6) is -0.860. The van der Waals surface area contributed by atoms with Gasteiger partial charge >= 0.3 is 0 Å². The van der Waals surface area contributed by atoms with Gasteiger partial charge in [0.2, 0.25) is 0 Å². The van der Waals surface area contributed by atoms with E-state index in [1.54, 1.807) is 0 Å². The molecule has 6 heteroatoms. The summed E-state index contributed by atoms with van der Waals surface area (Å²) in [5, 5.41) is 10.1. The summed E-state index contributed by atoms with van der Waals surface area (Å²) in [4.78, 5) is 9.46. The van der Waals surface area contributed by atoms with Gasteiger partial charge in [-0.1, -0.05) is 0 Å². The molecule has 0 aromatic heterocycles. The smallest absolute Gasteiger partial charge is 0.272 e. The van der Waals surface area contributed by atoms with Gasteiger partial charge in [0.05, 0.1) is 11.0 Å². The Kier molecular flexibility index (Phi) is 2.59. The maximum absolute atomic E-state index is 12.8. The second kappa shape index (κ2) is 3.48. The number of hydrogen-bond acceptors (Lipinski definition) is 3. The topological polar surface area (TPSA) is 52.4 Å². The highest BCUT2D eigenvalue weighted by Crippen LogP contribution is 2.23. The molecule has 0 unspecified atom stereocenters. The average Bonchev–Trinajstić information content (AvgIpc) is 2.04. The molecule has 64 valence electrons. The molecular weight excluding hydrogens is 233 g/mol. The van der Waals surface area contributed by atoms with Crippen molar-refractivity contribution in [3.05, 3.63) is 34.1 Å². The normalized spacial score (nSPS) is 9.50. The summed E-state index contributed by atoms with van der Waals surface area (Å²) >= 11 is 2.56. The van der Waals surface area contributed by atoms with Crippen LogP contribution in [-0.4, -0.2) is 4.92 Å². The molecule has 0 aliphatic rings. The maximum atomic E-state index is 12.8. The molecule has 0 atom stereocenters. The molecule has 0 bridgehead atoms. The van der Waals surface area contributed by atoms with Crippen molar-refractivity contribution in [2.45, 2.75) is 0 Å². The Morgan fingerprint density at radius 2 is 2.25 bits per heavy atom. The monoisotopic (exact) mass is 235 g/mol. The van der Waals surface area contributed by atoms with Crippen LogP contribution in [0.2, 0.25) is 0 Å². The van der Waals surface area contributed by atoms with Crippen LogP contribution in [0.25, 0.3) is 0 Å². The maximum Gasteiger partial charge on any atom is 0.272 e. The van der Waals surface area contributed by atoms with E-state index in [0.717, 1.165) is 12.1 Å². The van der Waals surface area contributed by atoms with Crippen LogP contribution >= 0.6 is 16.3 Å². The van der Waals surface area contributed by atoms with E-state index in [2.05, 4.69) is 20.1 Å². The molecule has 0 aliphatic carbocycles. The third kappa shape index (κ3) is 1.70. The Morgan fingerprint density at radius 3 is 2.67 bits per heavy atom. The molecule has 1 aromatic carbocycles. The summed E-state index contributed by atoms with van der Waals surface area (Å²) in [7, 11) is 0. The van der Waals surface area contributed by atoms with Gasteiger partial charge in [-0.15, -0.1) is 0 Å². The van der Waals surface area contributed by atoms with Crippen molar-refractivity contribution in [1.29, 1.82) is 0 Å². The number of nitrogens with zero attached hydrogens (tertiary/aromatic N) is 1. The summed E-state index contributed by atoms with van der Waals surface area (Å²) in [5.41, 5.74) is -0.305. The first-order valence-corrected chi connectivity index (χ1v) is 3.52. The molecule has 1 rings (SSSR count). The molecule has 0 saturated heterocycles. The summed E-state index contributed by atoms with van der Waals surface area (Å²) in [6, 6.07) is 3.11. The van der Waals surface area contributed by atoms with Gasteiger partial charge in [-0.25, -0.2) is 4.39 Å². The predicted octanol–water partition coefficient (Wildman–Crippen LogP) is 2.42. The molecule has 0 aliphatic heterocycles. The highest BCUT2D eigenvalue weighted by molar-refractivity contribution is 9.06. The van der Waals surface area contributed by atoms with Crippen molar-refractivity contribution in [1.82, 2.24) is 0 Å². The Balaban J connectivity index is 3.10. The average molecular weight is 236 g/mol. The first-order valence-electron chi connectivity index (χ1n) is 2.87.